The van der Waals surface area contributed by atoms with Gasteiger partial charge in [0.1, 0.15) is 4.21 Å². The van der Waals surface area contributed by atoms with E-state index in [1.165, 1.54) is 22.5 Å². The van der Waals surface area contributed by atoms with Gasteiger partial charge < -0.3 is 0 Å². The van der Waals surface area contributed by atoms with Gasteiger partial charge in [0.25, 0.3) is 15.7 Å². The lowest BCUT2D eigenvalue weighted by Crippen LogP contribution is -2.28. The number of non-ortho nitro benzene ring substituents is 1. The largest absolute Gasteiger partial charge is 0.273 e. The number of hydrogen-bond donors (Lipinski definition) is 0. The molecule has 0 unspecified atom stereocenters. The minimum absolute atomic E-state index is 0.1000. The summed E-state index contributed by atoms with van der Waals surface area (Å²) >= 11 is 1.14. The molecule has 2 heterocycles. The van der Waals surface area contributed by atoms with Gasteiger partial charge in [-0.15, -0.1) is 11.3 Å². The molecule has 0 atom stereocenters. The molecule has 6 nitrogen and oxygen atoms in total. The van der Waals surface area contributed by atoms with E-state index in [2.05, 4.69) is 0 Å². The summed E-state index contributed by atoms with van der Waals surface area (Å²) in [6.45, 7) is 0.316. The Bertz CT molecular complexity index is 769. The third-order valence-electron chi connectivity index (χ3n) is 3.17. The Hall–Kier alpha value is -1.93. The van der Waals surface area contributed by atoms with Crippen LogP contribution in [0.5, 0.6) is 0 Å². The SMILES string of the molecule is O=[N+]([O-])c1ccc2c(c1)N(S(=O)(=O)c1cccs1)CC2. The van der Waals surface area contributed by atoms with E-state index >= 15 is 0 Å². The predicted molar refractivity (Wildman–Crippen MR) is 75.7 cm³/mol. The van der Waals surface area contributed by atoms with Crippen molar-refractivity contribution in [3.05, 3.63) is 51.4 Å². The molecule has 0 fully saturated rings. The normalized spacial score (nSPS) is 14.3. The molecule has 2 aromatic rings. The molecule has 8 heteroatoms. The van der Waals surface area contributed by atoms with Gasteiger partial charge >= 0.3 is 0 Å². The van der Waals surface area contributed by atoms with Crippen molar-refractivity contribution >= 4 is 32.7 Å². The number of hydrogen-bond acceptors (Lipinski definition) is 5. The van der Waals surface area contributed by atoms with E-state index in [9.17, 15) is 18.5 Å². The zero-order valence-corrected chi connectivity index (χ0v) is 11.9. The standard InChI is InChI=1S/C12H10N2O4S2/c15-14(16)10-4-3-9-5-6-13(11(9)8-10)20(17,18)12-2-1-7-19-12/h1-4,7-8H,5-6H2. The second kappa shape index (κ2) is 4.57. The van der Waals surface area contributed by atoms with Crippen LogP contribution in [0.2, 0.25) is 0 Å². The minimum Gasteiger partial charge on any atom is -0.265 e. The highest BCUT2D eigenvalue weighted by Crippen LogP contribution is 2.36. The van der Waals surface area contributed by atoms with E-state index in [1.54, 1.807) is 17.5 Å². The predicted octanol–water partition coefficient (Wildman–Crippen LogP) is 2.41. The highest BCUT2D eigenvalue weighted by Gasteiger charge is 2.32. The van der Waals surface area contributed by atoms with Gasteiger partial charge in [-0.2, -0.15) is 0 Å². The lowest BCUT2D eigenvalue weighted by molar-refractivity contribution is -0.384. The van der Waals surface area contributed by atoms with E-state index < -0.39 is 14.9 Å². The number of fused-ring (bicyclic) bond motifs is 1. The molecule has 1 aliphatic heterocycles. The van der Waals surface area contributed by atoms with Crippen molar-refractivity contribution < 1.29 is 13.3 Å². The average molecular weight is 310 g/mol. The molecule has 1 aliphatic rings. The van der Waals surface area contributed by atoms with E-state index in [4.69, 9.17) is 0 Å². The van der Waals surface area contributed by atoms with E-state index in [0.717, 1.165) is 16.9 Å². The molecule has 0 spiro atoms. The fourth-order valence-corrected chi connectivity index (χ4v) is 4.82. The van der Waals surface area contributed by atoms with Gasteiger partial charge in [-0.3, -0.25) is 14.4 Å². The number of benzene rings is 1. The number of thiophene rings is 1. The maximum absolute atomic E-state index is 12.5. The first-order valence-corrected chi connectivity index (χ1v) is 8.16. The van der Waals surface area contributed by atoms with Crippen molar-refractivity contribution in [1.29, 1.82) is 0 Å². The summed E-state index contributed by atoms with van der Waals surface area (Å²) in [5, 5.41) is 12.5. The van der Waals surface area contributed by atoms with Gasteiger partial charge in [0.2, 0.25) is 0 Å². The summed E-state index contributed by atoms with van der Waals surface area (Å²) in [6, 6.07) is 7.56. The molecule has 104 valence electrons. The monoisotopic (exact) mass is 310 g/mol. The Morgan fingerprint density at radius 3 is 2.75 bits per heavy atom. The molecule has 0 aliphatic carbocycles. The van der Waals surface area contributed by atoms with Gasteiger partial charge in [0, 0.05) is 18.7 Å². The maximum atomic E-state index is 12.5. The molecule has 3 rings (SSSR count). The van der Waals surface area contributed by atoms with Crippen LogP contribution >= 0.6 is 11.3 Å². The molecule has 0 saturated heterocycles. The average Bonchev–Trinajstić information content (AvgIpc) is 3.07. The van der Waals surface area contributed by atoms with Crippen molar-refractivity contribution in [3.8, 4) is 0 Å². The number of rotatable bonds is 3. The highest BCUT2D eigenvalue weighted by atomic mass is 32.2. The molecular weight excluding hydrogens is 300 g/mol. The number of nitro groups is 1. The van der Waals surface area contributed by atoms with Crippen molar-refractivity contribution in [2.75, 3.05) is 10.8 Å². The molecule has 0 amide bonds. The first-order chi connectivity index (χ1) is 9.50. The lowest BCUT2D eigenvalue weighted by Gasteiger charge is -2.18. The van der Waals surface area contributed by atoms with Crippen LogP contribution in [0.1, 0.15) is 5.56 Å². The minimum atomic E-state index is -3.62. The summed E-state index contributed by atoms with van der Waals surface area (Å²) in [5.41, 5.74) is 1.13. The van der Waals surface area contributed by atoms with Crippen LogP contribution < -0.4 is 4.31 Å². The number of sulfonamides is 1. The molecule has 20 heavy (non-hydrogen) atoms. The number of nitrogens with zero attached hydrogens (tertiary/aromatic N) is 2. The fraction of sp³-hybridized carbons (Fsp3) is 0.167. The zero-order chi connectivity index (χ0) is 14.3. The van der Waals surface area contributed by atoms with Crippen LogP contribution in [0.3, 0.4) is 0 Å². The molecule has 1 aromatic carbocycles. The van der Waals surface area contributed by atoms with Crippen LogP contribution in [0.25, 0.3) is 0 Å². The maximum Gasteiger partial charge on any atom is 0.273 e. The van der Waals surface area contributed by atoms with Crippen LogP contribution in [-0.4, -0.2) is 19.9 Å². The van der Waals surface area contributed by atoms with Crippen LogP contribution in [0.4, 0.5) is 11.4 Å². The molecule has 0 N–H and O–H groups in total. The zero-order valence-electron chi connectivity index (χ0n) is 10.2. The molecule has 0 bridgehead atoms. The first kappa shape index (κ1) is 13.1. The second-order valence-corrected chi connectivity index (χ2v) is 7.37. The van der Waals surface area contributed by atoms with Crippen molar-refractivity contribution in [2.24, 2.45) is 0 Å². The Morgan fingerprint density at radius 1 is 1.30 bits per heavy atom. The third kappa shape index (κ3) is 1.97. The van der Waals surface area contributed by atoms with Crippen molar-refractivity contribution in [3.63, 3.8) is 0 Å². The van der Waals surface area contributed by atoms with Crippen LogP contribution in [0.15, 0.2) is 39.9 Å². The molecular formula is C12H10N2O4S2. The van der Waals surface area contributed by atoms with Crippen molar-refractivity contribution in [1.82, 2.24) is 0 Å². The summed E-state index contributed by atoms with van der Waals surface area (Å²) in [5.74, 6) is 0. The Morgan fingerprint density at radius 2 is 2.10 bits per heavy atom. The van der Waals surface area contributed by atoms with Crippen LogP contribution in [-0.2, 0) is 16.4 Å². The van der Waals surface area contributed by atoms with Gasteiger partial charge in [-0.05, 0) is 23.4 Å². The van der Waals surface area contributed by atoms with Crippen molar-refractivity contribution in [2.45, 2.75) is 10.6 Å². The van der Waals surface area contributed by atoms with E-state index in [0.29, 0.717) is 18.7 Å². The third-order valence-corrected chi connectivity index (χ3v) is 6.36. The fourth-order valence-electron chi connectivity index (χ4n) is 2.22. The quantitative estimate of drug-likeness (QED) is 0.644. The summed E-state index contributed by atoms with van der Waals surface area (Å²) in [7, 11) is -3.62. The summed E-state index contributed by atoms with van der Waals surface area (Å²) < 4.78 is 26.5. The first-order valence-electron chi connectivity index (χ1n) is 5.84. The van der Waals surface area contributed by atoms with Gasteiger partial charge in [0.05, 0.1) is 10.6 Å². The molecule has 0 saturated carbocycles. The van der Waals surface area contributed by atoms with E-state index in [-0.39, 0.29) is 9.90 Å². The summed E-state index contributed by atoms with van der Waals surface area (Å²) in [4.78, 5) is 10.3. The van der Waals surface area contributed by atoms with Crippen LogP contribution in [0, 0.1) is 10.1 Å². The Balaban J connectivity index is 2.09. The Kier molecular flexibility index (Phi) is 2.98. The summed E-state index contributed by atoms with van der Waals surface area (Å²) in [6.07, 6.45) is 0.567. The van der Waals surface area contributed by atoms with E-state index in [1.807, 2.05) is 0 Å². The Labute approximate surface area is 119 Å². The second-order valence-electron chi connectivity index (χ2n) is 4.33. The molecule has 1 aromatic heterocycles. The van der Waals surface area contributed by atoms with Gasteiger partial charge in [-0.1, -0.05) is 12.1 Å². The van der Waals surface area contributed by atoms with Gasteiger partial charge in [-0.25, -0.2) is 8.42 Å². The smallest absolute Gasteiger partial charge is 0.265 e. The lowest BCUT2D eigenvalue weighted by atomic mass is 10.1. The topological polar surface area (TPSA) is 80.5 Å². The number of nitro benzene ring substituents is 1. The number of anilines is 1. The van der Waals surface area contributed by atoms with Gasteiger partial charge in [0.15, 0.2) is 0 Å². The molecule has 0 radical (unpaired) electrons. The highest BCUT2D eigenvalue weighted by molar-refractivity contribution is 7.94.